The molecular formula is C11H14N4. The van der Waals surface area contributed by atoms with Crippen molar-refractivity contribution in [2.75, 3.05) is 5.73 Å². The molecule has 0 aliphatic heterocycles. The first-order valence-electron chi connectivity index (χ1n) is 5.43. The van der Waals surface area contributed by atoms with Gasteiger partial charge in [-0.05, 0) is 18.9 Å². The monoisotopic (exact) mass is 202 g/mol. The third-order valence-corrected chi connectivity index (χ3v) is 3.19. The van der Waals surface area contributed by atoms with Crippen LogP contribution in [0.15, 0.2) is 18.5 Å². The van der Waals surface area contributed by atoms with Crippen molar-refractivity contribution in [1.29, 1.82) is 0 Å². The summed E-state index contributed by atoms with van der Waals surface area (Å²) in [7, 11) is 0. The zero-order chi connectivity index (χ0) is 10.3. The quantitative estimate of drug-likeness (QED) is 0.770. The number of hydrogen-bond acceptors (Lipinski definition) is 3. The minimum absolute atomic E-state index is 0.362. The van der Waals surface area contributed by atoms with E-state index in [1.54, 1.807) is 6.20 Å². The maximum Gasteiger partial charge on any atom is 0.221 e. The molecule has 1 aliphatic rings. The van der Waals surface area contributed by atoms with E-state index in [-0.39, 0.29) is 0 Å². The fourth-order valence-corrected chi connectivity index (χ4v) is 2.43. The Morgan fingerprint density at radius 3 is 2.93 bits per heavy atom. The van der Waals surface area contributed by atoms with E-state index in [1.165, 1.54) is 25.7 Å². The number of nitrogen functional groups attached to an aromatic ring is 1. The highest BCUT2D eigenvalue weighted by Crippen LogP contribution is 2.31. The SMILES string of the molecule is Nc1ncc2ccn(C3CCCC3)c2n1. The standard InChI is InChI=1S/C11H14N4/c12-11-13-7-8-5-6-15(10(8)14-11)9-3-1-2-4-9/h5-7,9H,1-4H2,(H2,12,13,14). The first-order chi connectivity index (χ1) is 7.34. The molecule has 0 aromatic carbocycles. The van der Waals surface area contributed by atoms with Crippen LogP contribution >= 0.6 is 0 Å². The van der Waals surface area contributed by atoms with Gasteiger partial charge in [0.25, 0.3) is 0 Å². The summed E-state index contributed by atoms with van der Waals surface area (Å²) in [6, 6.07) is 2.67. The average molecular weight is 202 g/mol. The molecule has 2 aromatic rings. The summed E-state index contributed by atoms with van der Waals surface area (Å²) < 4.78 is 2.25. The van der Waals surface area contributed by atoms with Crippen LogP contribution in [0.3, 0.4) is 0 Å². The summed E-state index contributed by atoms with van der Waals surface area (Å²) in [5.41, 5.74) is 6.60. The highest BCUT2D eigenvalue weighted by atomic mass is 15.1. The van der Waals surface area contributed by atoms with Gasteiger partial charge < -0.3 is 10.3 Å². The Balaban J connectivity index is 2.13. The topological polar surface area (TPSA) is 56.7 Å². The Hall–Kier alpha value is -1.58. The fourth-order valence-electron chi connectivity index (χ4n) is 2.43. The Labute approximate surface area is 88.1 Å². The first-order valence-corrected chi connectivity index (χ1v) is 5.43. The number of nitrogens with zero attached hydrogens (tertiary/aromatic N) is 3. The van der Waals surface area contributed by atoms with Gasteiger partial charge in [0.05, 0.1) is 0 Å². The third kappa shape index (κ3) is 1.37. The van der Waals surface area contributed by atoms with E-state index in [4.69, 9.17) is 5.73 Å². The average Bonchev–Trinajstić information content (AvgIpc) is 2.83. The predicted molar refractivity (Wildman–Crippen MR) is 59.4 cm³/mol. The van der Waals surface area contributed by atoms with Gasteiger partial charge in [0.1, 0.15) is 5.65 Å². The summed E-state index contributed by atoms with van der Waals surface area (Å²) in [4.78, 5) is 8.31. The van der Waals surface area contributed by atoms with Crippen LogP contribution in [0.1, 0.15) is 31.7 Å². The second kappa shape index (κ2) is 3.22. The molecule has 4 heteroatoms. The van der Waals surface area contributed by atoms with E-state index in [2.05, 4.69) is 26.8 Å². The number of aromatic nitrogens is 3. The lowest BCUT2D eigenvalue weighted by atomic mass is 10.2. The Morgan fingerprint density at radius 2 is 2.13 bits per heavy atom. The predicted octanol–water partition coefficient (Wildman–Crippen LogP) is 2.13. The molecular weight excluding hydrogens is 188 g/mol. The Kier molecular flexibility index (Phi) is 1.87. The van der Waals surface area contributed by atoms with Gasteiger partial charge in [-0.3, -0.25) is 0 Å². The van der Waals surface area contributed by atoms with Crippen LogP contribution in [0.5, 0.6) is 0 Å². The molecule has 2 N–H and O–H groups in total. The molecule has 1 aliphatic carbocycles. The maximum atomic E-state index is 5.62. The van der Waals surface area contributed by atoms with Crippen LogP contribution in [0.4, 0.5) is 5.95 Å². The van der Waals surface area contributed by atoms with Gasteiger partial charge in [-0.25, -0.2) is 4.98 Å². The number of hydrogen-bond donors (Lipinski definition) is 1. The van der Waals surface area contributed by atoms with Crippen LogP contribution < -0.4 is 5.73 Å². The Bertz CT molecular complexity index is 482. The normalized spacial score (nSPS) is 17.6. The molecule has 0 radical (unpaired) electrons. The van der Waals surface area contributed by atoms with E-state index in [9.17, 15) is 0 Å². The van der Waals surface area contributed by atoms with Crippen LogP contribution in [0, 0.1) is 0 Å². The van der Waals surface area contributed by atoms with Crippen molar-refractivity contribution in [2.24, 2.45) is 0 Å². The molecule has 0 spiro atoms. The van der Waals surface area contributed by atoms with E-state index in [0.717, 1.165) is 11.0 Å². The number of nitrogens with two attached hydrogens (primary N) is 1. The highest BCUT2D eigenvalue weighted by molar-refractivity contribution is 5.76. The molecule has 2 aromatic heterocycles. The van der Waals surface area contributed by atoms with Crippen LogP contribution in [-0.2, 0) is 0 Å². The van der Waals surface area contributed by atoms with Crippen molar-refractivity contribution in [1.82, 2.24) is 14.5 Å². The zero-order valence-corrected chi connectivity index (χ0v) is 8.56. The fraction of sp³-hybridized carbons (Fsp3) is 0.455. The minimum atomic E-state index is 0.362. The molecule has 0 unspecified atom stereocenters. The van der Waals surface area contributed by atoms with Crippen molar-refractivity contribution in [3.05, 3.63) is 18.5 Å². The minimum Gasteiger partial charge on any atom is -0.368 e. The van der Waals surface area contributed by atoms with Gasteiger partial charge >= 0.3 is 0 Å². The number of fused-ring (bicyclic) bond motifs is 1. The van der Waals surface area contributed by atoms with Crippen molar-refractivity contribution in [2.45, 2.75) is 31.7 Å². The van der Waals surface area contributed by atoms with Crippen LogP contribution in [0.25, 0.3) is 11.0 Å². The summed E-state index contributed by atoms with van der Waals surface area (Å²) >= 11 is 0. The molecule has 1 fully saturated rings. The molecule has 15 heavy (non-hydrogen) atoms. The van der Waals surface area contributed by atoms with E-state index in [1.807, 2.05) is 0 Å². The number of anilines is 1. The summed E-state index contributed by atoms with van der Waals surface area (Å²) in [6.07, 6.45) is 9.06. The van der Waals surface area contributed by atoms with E-state index < -0.39 is 0 Å². The second-order valence-electron chi connectivity index (χ2n) is 4.17. The summed E-state index contributed by atoms with van der Waals surface area (Å²) in [5, 5.41) is 1.08. The maximum absolute atomic E-state index is 5.62. The largest absolute Gasteiger partial charge is 0.368 e. The molecule has 78 valence electrons. The van der Waals surface area contributed by atoms with Crippen molar-refractivity contribution in [3.63, 3.8) is 0 Å². The van der Waals surface area contributed by atoms with Crippen molar-refractivity contribution >= 4 is 17.0 Å². The van der Waals surface area contributed by atoms with Crippen LogP contribution in [0.2, 0.25) is 0 Å². The van der Waals surface area contributed by atoms with Crippen molar-refractivity contribution < 1.29 is 0 Å². The van der Waals surface area contributed by atoms with Crippen LogP contribution in [-0.4, -0.2) is 14.5 Å². The lowest BCUT2D eigenvalue weighted by Crippen LogP contribution is -2.05. The molecule has 0 atom stereocenters. The Morgan fingerprint density at radius 1 is 1.33 bits per heavy atom. The second-order valence-corrected chi connectivity index (χ2v) is 4.17. The van der Waals surface area contributed by atoms with Gasteiger partial charge in [-0.2, -0.15) is 4.98 Å². The van der Waals surface area contributed by atoms with Gasteiger partial charge in [0, 0.05) is 23.8 Å². The molecule has 0 bridgehead atoms. The smallest absolute Gasteiger partial charge is 0.221 e. The lowest BCUT2D eigenvalue weighted by Gasteiger charge is -2.12. The molecule has 0 amide bonds. The molecule has 2 heterocycles. The molecule has 3 rings (SSSR count). The van der Waals surface area contributed by atoms with Gasteiger partial charge in [0.15, 0.2) is 0 Å². The molecule has 1 saturated carbocycles. The van der Waals surface area contributed by atoms with Gasteiger partial charge in [0.2, 0.25) is 5.95 Å². The third-order valence-electron chi connectivity index (χ3n) is 3.19. The first kappa shape index (κ1) is 8.71. The molecule has 0 saturated heterocycles. The van der Waals surface area contributed by atoms with E-state index >= 15 is 0 Å². The summed E-state index contributed by atoms with van der Waals surface area (Å²) in [6.45, 7) is 0. The van der Waals surface area contributed by atoms with Crippen molar-refractivity contribution in [3.8, 4) is 0 Å². The molecule has 4 nitrogen and oxygen atoms in total. The number of rotatable bonds is 1. The van der Waals surface area contributed by atoms with Gasteiger partial charge in [-0.15, -0.1) is 0 Å². The summed E-state index contributed by atoms with van der Waals surface area (Å²) in [5.74, 6) is 0.362. The van der Waals surface area contributed by atoms with Gasteiger partial charge in [-0.1, -0.05) is 12.8 Å². The highest BCUT2D eigenvalue weighted by Gasteiger charge is 2.18. The zero-order valence-electron chi connectivity index (χ0n) is 8.56. The lowest BCUT2D eigenvalue weighted by molar-refractivity contribution is 0.532. The van der Waals surface area contributed by atoms with E-state index in [0.29, 0.717) is 12.0 Å².